The SMILES string of the molecule is C[C@H](O)Cn1ncc(=O)c2ccccc21. The van der Waals surface area contributed by atoms with Crippen molar-refractivity contribution in [2.75, 3.05) is 0 Å². The predicted octanol–water partition coefficient (Wildman–Crippen LogP) is 0.777. The van der Waals surface area contributed by atoms with Gasteiger partial charge in [-0.1, -0.05) is 12.1 Å². The maximum atomic E-state index is 11.5. The molecule has 0 radical (unpaired) electrons. The van der Waals surface area contributed by atoms with Gasteiger partial charge in [0, 0.05) is 5.39 Å². The topological polar surface area (TPSA) is 55.1 Å². The van der Waals surface area contributed by atoms with Crippen molar-refractivity contribution in [3.05, 3.63) is 40.7 Å². The van der Waals surface area contributed by atoms with E-state index in [1.165, 1.54) is 6.20 Å². The van der Waals surface area contributed by atoms with Crippen LogP contribution in [0.1, 0.15) is 6.92 Å². The highest BCUT2D eigenvalue weighted by atomic mass is 16.3. The summed E-state index contributed by atoms with van der Waals surface area (Å²) >= 11 is 0. The largest absolute Gasteiger partial charge is 0.391 e. The van der Waals surface area contributed by atoms with Crippen LogP contribution in [0.4, 0.5) is 0 Å². The normalized spacial score (nSPS) is 12.9. The Morgan fingerprint density at radius 3 is 2.93 bits per heavy atom. The van der Waals surface area contributed by atoms with Gasteiger partial charge < -0.3 is 5.11 Å². The van der Waals surface area contributed by atoms with Crippen molar-refractivity contribution in [1.29, 1.82) is 0 Å². The summed E-state index contributed by atoms with van der Waals surface area (Å²) in [5, 5.41) is 13.9. The Balaban J connectivity index is 2.66. The van der Waals surface area contributed by atoms with Crippen LogP contribution in [0, 0.1) is 0 Å². The molecule has 0 aliphatic heterocycles. The van der Waals surface area contributed by atoms with Gasteiger partial charge in [-0.05, 0) is 19.1 Å². The lowest BCUT2D eigenvalue weighted by molar-refractivity contribution is 0.170. The second kappa shape index (κ2) is 3.82. The first-order valence-electron chi connectivity index (χ1n) is 4.81. The van der Waals surface area contributed by atoms with Crippen molar-refractivity contribution in [3.63, 3.8) is 0 Å². The quantitative estimate of drug-likeness (QED) is 0.786. The van der Waals surface area contributed by atoms with E-state index in [2.05, 4.69) is 5.10 Å². The Bertz CT molecular complexity index is 531. The average molecular weight is 204 g/mol. The minimum atomic E-state index is -0.483. The number of aliphatic hydroxyl groups excluding tert-OH is 1. The van der Waals surface area contributed by atoms with Crippen LogP contribution in [-0.4, -0.2) is 21.0 Å². The van der Waals surface area contributed by atoms with Crippen LogP contribution in [0.3, 0.4) is 0 Å². The maximum absolute atomic E-state index is 11.5. The minimum Gasteiger partial charge on any atom is -0.391 e. The molecule has 1 aromatic carbocycles. The number of hydrogen-bond donors (Lipinski definition) is 1. The van der Waals surface area contributed by atoms with Crippen LogP contribution < -0.4 is 5.43 Å². The number of aliphatic hydroxyl groups is 1. The summed E-state index contributed by atoms with van der Waals surface area (Å²) in [6.07, 6.45) is 0.799. The second-order valence-electron chi connectivity index (χ2n) is 3.56. The number of benzene rings is 1. The second-order valence-corrected chi connectivity index (χ2v) is 3.56. The highest BCUT2D eigenvalue weighted by Gasteiger charge is 2.04. The first-order chi connectivity index (χ1) is 7.18. The molecule has 0 aliphatic rings. The van der Waals surface area contributed by atoms with E-state index in [1.54, 1.807) is 17.7 Å². The Kier molecular flexibility index (Phi) is 2.51. The van der Waals surface area contributed by atoms with E-state index in [0.29, 0.717) is 11.9 Å². The summed E-state index contributed by atoms with van der Waals surface area (Å²) in [6, 6.07) is 7.25. The molecule has 0 amide bonds. The molecule has 4 heteroatoms. The van der Waals surface area contributed by atoms with E-state index >= 15 is 0 Å². The van der Waals surface area contributed by atoms with Crippen LogP contribution in [0.5, 0.6) is 0 Å². The lowest BCUT2D eigenvalue weighted by Gasteiger charge is -2.10. The van der Waals surface area contributed by atoms with E-state index in [9.17, 15) is 9.90 Å². The highest BCUT2D eigenvalue weighted by molar-refractivity contribution is 5.77. The fraction of sp³-hybridized carbons (Fsp3) is 0.273. The van der Waals surface area contributed by atoms with Crippen molar-refractivity contribution < 1.29 is 5.11 Å². The van der Waals surface area contributed by atoms with Gasteiger partial charge in [-0.25, -0.2) is 0 Å². The molecule has 0 saturated carbocycles. The summed E-state index contributed by atoms with van der Waals surface area (Å²) in [6.45, 7) is 2.08. The molecule has 78 valence electrons. The third-order valence-electron chi connectivity index (χ3n) is 2.20. The standard InChI is InChI=1S/C11H12N2O2/c1-8(14)7-13-10-5-3-2-4-9(10)11(15)6-12-13/h2-6,8,14H,7H2,1H3/t8-/m0/s1. The van der Waals surface area contributed by atoms with Crippen LogP contribution in [0.25, 0.3) is 10.9 Å². The fourth-order valence-electron chi connectivity index (χ4n) is 1.56. The molecule has 0 saturated heterocycles. The summed E-state index contributed by atoms with van der Waals surface area (Å²) < 4.78 is 1.64. The van der Waals surface area contributed by atoms with E-state index < -0.39 is 6.10 Å². The first kappa shape index (κ1) is 9.86. The lowest BCUT2D eigenvalue weighted by atomic mass is 10.2. The summed E-state index contributed by atoms with van der Waals surface area (Å²) in [4.78, 5) is 11.5. The molecule has 0 fully saturated rings. The van der Waals surface area contributed by atoms with Gasteiger partial charge in [-0.3, -0.25) is 9.48 Å². The van der Waals surface area contributed by atoms with Crippen molar-refractivity contribution in [2.24, 2.45) is 0 Å². The fourth-order valence-corrected chi connectivity index (χ4v) is 1.56. The Morgan fingerprint density at radius 1 is 1.47 bits per heavy atom. The molecule has 0 aliphatic carbocycles. The predicted molar refractivity (Wildman–Crippen MR) is 57.7 cm³/mol. The number of nitrogens with zero attached hydrogens (tertiary/aromatic N) is 2. The maximum Gasteiger partial charge on any atom is 0.207 e. The van der Waals surface area contributed by atoms with Gasteiger partial charge in [0.05, 0.1) is 24.4 Å². The number of aromatic nitrogens is 2. The average Bonchev–Trinajstić information content (AvgIpc) is 2.22. The molecule has 4 nitrogen and oxygen atoms in total. The molecule has 1 atom stereocenters. The van der Waals surface area contributed by atoms with Crippen molar-refractivity contribution in [2.45, 2.75) is 19.6 Å². The van der Waals surface area contributed by atoms with E-state index in [4.69, 9.17) is 0 Å². The van der Waals surface area contributed by atoms with Gasteiger partial charge in [0.2, 0.25) is 5.43 Å². The zero-order valence-electron chi connectivity index (χ0n) is 8.42. The molecular formula is C11H12N2O2. The molecule has 0 bridgehead atoms. The number of fused-ring (bicyclic) bond motifs is 1. The highest BCUT2D eigenvalue weighted by Crippen LogP contribution is 2.08. The summed E-state index contributed by atoms with van der Waals surface area (Å²) in [5.41, 5.74) is 0.665. The smallest absolute Gasteiger partial charge is 0.207 e. The van der Waals surface area contributed by atoms with Crippen LogP contribution >= 0.6 is 0 Å². The van der Waals surface area contributed by atoms with Gasteiger partial charge in [0.1, 0.15) is 0 Å². The Morgan fingerprint density at radius 2 is 2.20 bits per heavy atom. The molecule has 1 aromatic heterocycles. The number of para-hydroxylation sites is 1. The van der Waals surface area contributed by atoms with E-state index in [-0.39, 0.29) is 5.43 Å². The summed E-state index contributed by atoms with van der Waals surface area (Å²) in [5.74, 6) is 0. The molecule has 15 heavy (non-hydrogen) atoms. The van der Waals surface area contributed by atoms with Gasteiger partial charge in [0.15, 0.2) is 0 Å². The van der Waals surface area contributed by atoms with Gasteiger partial charge >= 0.3 is 0 Å². The van der Waals surface area contributed by atoms with Crippen LogP contribution in [0.2, 0.25) is 0 Å². The van der Waals surface area contributed by atoms with Crippen LogP contribution in [0.15, 0.2) is 35.3 Å². The molecule has 1 heterocycles. The zero-order valence-corrected chi connectivity index (χ0v) is 8.42. The van der Waals surface area contributed by atoms with Gasteiger partial charge in [-0.2, -0.15) is 5.10 Å². The van der Waals surface area contributed by atoms with E-state index in [1.807, 2.05) is 18.2 Å². The molecular weight excluding hydrogens is 192 g/mol. The Labute approximate surface area is 86.8 Å². The first-order valence-corrected chi connectivity index (χ1v) is 4.81. The Hall–Kier alpha value is -1.68. The summed E-state index contributed by atoms with van der Waals surface area (Å²) in [7, 11) is 0. The monoisotopic (exact) mass is 204 g/mol. The number of hydrogen-bond acceptors (Lipinski definition) is 3. The molecule has 2 rings (SSSR count). The van der Waals surface area contributed by atoms with Crippen molar-refractivity contribution in [1.82, 2.24) is 9.78 Å². The number of rotatable bonds is 2. The van der Waals surface area contributed by atoms with Crippen LogP contribution in [-0.2, 0) is 6.54 Å². The zero-order chi connectivity index (χ0) is 10.8. The minimum absolute atomic E-state index is 0.0903. The molecule has 1 N–H and O–H groups in total. The third kappa shape index (κ3) is 1.89. The molecule has 0 spiro atoms. The van der Waals surface area contributed by atoms with Crippen molar-refractivity contribution in [3.8, 4) is 0 Å². The van der Waals surface area contributed by atoms with Crippen molar-refractivity contribution >= 4 is 10.9 Å². The van der Waals surface area contributed by atoms with E-state index in [0.717, 1.165) is 5.52 Å². The van der Waals surface area contributed by atoms with Gasteiger partial charge in [-0.15, -0.1) is 0 Å². The molecule has 2 aromatic rings. The molecule has 0 unspecified atom stereocenters. The third-order valence-corrected chi connectivity index (χ3v) is 2.20. The van der Waals surface area contributed by atoms with Gasteiger partial charge in [0.25, 0.3) is 0 Å². The lowest BCUT2D eigenvalue weighted by Crippen LogP contribution is -2.18.